The van der Waals surface area contributed by atoms with Gasteiger partial charge >= 0.3 is 0 Å². The number of hydrogen-bond donors (Lipinski definition) is 0. The molecule has 0 aliphatic heterocycles. The summed E-state index contributed by atoms with van der Waals surface area (Å²) < 4.78 is 13.8. The van der Waals surface area contributed by atoms with Gasteiger partial charge in [-0.25, -0.2) is 4.39 Å². The lowest BCUT2D eigenvalue weighted by Crippen LogP contribution is -2.25. The third kappa shape index (κ3) is 3.74. The van der Waals surface area contributed by atoms with Gasteiger partial charge in [0, 0.05) is 19.0 Å². The molecule has 0 spiro atoms. The Kier molecular flexibility index (Phi) is 5.58. The van der Waals surface area contributed by atoms with Crippen molar-refractivity contribution in [1.82, 2.24) is 4.90 Å². The Labute approximate surface area is 103 Å². The maximum Gasteiger partial charge on any atom is 0.137 e. The Morgan fingerprint density at radius 3 is 2.80 bits per heavy atom. The Bertz CT molecular complexity index is 319. The quantitative estimate of drug-likeness (QED) is 0.749. The van der Waals surface area contributed by atoms with E-state index >= 15 is 0 Å². The summed E-state index contributed by atoms with van der Waals surface area (Å²) in [7, 11) is 0. The monoisotopic (exact) mass is 293 g/mol. The number of alkyl halides is 1. The van der Waals surface area contributed by atoms with Crippen LogP contribution in [0.4, 0.5) is 4.39 Å². The molecule has 0 radical (unpaired) electrons. The first-order chi connectivity index (χ1) is 7.19. The van der Waals surface area contributed by atoms with Crippen LogP contribution in [-0.2, 0) is 6.54 Å². The molecule has 15 heavy (non-hydrogen) atoms. The minimum atomic E-state index is -0.213. The smallest absolute Gasteiger partial charge is 0.137 e. The molecule has 1 aromatic carbocycles. The van der Waals surface area contributed by atoms with Gasteiger partial charge in [-0.05, 0) is 34.1 Å². The Morgan fingerprint density at radius 1 is 1.47 bits per heavy atom. The van der Waals surface area contributed by atoms with Crippen LogP contribution < -0.4 is 0 Å². The van der Waals surface area contributed by atoms with Gasteiger partial charge in [-0.3, -0.25) is 4.90 Å². The molecule has 1 aromatic rings. The maximum absolute atomic E-state index is 13.2. The highest BCUT2D eigenvalue weighted by atomic mass is 79.9. The number of nitrogens with zero attached hydrogens (tertiary/aromatic N) is 1. The normalized spacial score (nSPS) is 11.0. The van der Waals surface area contributed by atoms with Crippen molar-refractivity contribution in [3.63, 3.8) is 0 Å². The van der Waals surface area contributed by atoms with Crippen LogP contribution in [0, 0.1) is 5.82 Å². The van der Waals surface area contributed by atoms with E-state index in [1.807, 2.05) is 6.07 Å². The average Bonchev–Trinajstić information content (AvgIpc) is 2.24. The van der Waals surface area contributed by atoms with Crippen LogP contribution in [0.15, 0.2) is 22.7 Å². The highest BCUT2D eigenvalue weighted by Gasteiger charge is 2.08. The molecule has 0 aliphatic rings. The lowest BCUT2D eigenvalue weighted by atomic mass is 10.2. The van der Waals surface area contributed by atoms with E-state index < -0.39 is 0 Å². The zero-order valence-electron chi connectivity index (χ0n) is 8.64. The zero-order chi connectivity index (χ0) is 11.3. The molecule has 0 N–H and O–H groups in total. The average molecular weight is 295 g/mol. The minimum Gasteiger partial charge on any atom is -0.298 e. The summed E-state index contributed by atoms with van der Waals surface area (Å²) >= 11 is 8.94. The van der Waals surface area contributed by atoms with Gasteiger partial charge in [-0.2, -0.15) is 0 Å². The van der Waals surface area contributed by atoms with Gasteiger partial charge in [0.05, 0.1) is 4.47 Å². The summed E-state index contributed by atoms with van der Waals surface area (Å²) in [6.07, 6.45) is 0. The third-order valence-corrected chi connectivity index (χ3v) is 3.33. The summed E-state index contributed by atoms with van der Waals surface area (Å²) in [6.45, 7) is 4.53. The summed E-state index contributed by atoms with van der Waals surface area (Å²) in [5.41, 5.74) is 0.960. The highest BCUT2D eigenvalue weighted by molar-refractivity contribution is 9.10. The molecule has 0 amide bonds. The van der Waals surface area contributed by atoms with E-state index in [1.165, 1.54) is 6.07 Å². The lowest BCUT2D eigenvalue weighted by Gasteiger charge is -2.19. The van der Waals surface area contributed by atoms with E-state index in [2.05, 4.69) is 27.8 Å². The largest absolute Gasteiger partial charge is 0.298 e. The number of rotatable bonds is 5. The SMILES string of the molecule is CCN(CCCl)Cc1cccc(F)c1Br. The first-order valence-corrected chi connectivity index (χ1v) is 6.23. The Balaban J connectivity index is 2.74. The summed E-state index contributed by atoms with van der Waals surface area (Å²) in [6, 6.07) is 5.10. The number of hydrogen-bond acceptors (Lipinski definition) is 1. The van der Waals surface area contributed by atoms with Crippen molar-refractivity contribution in [2.45, 2.75) is 13.5 Å². The van der Waals surface area contributed by atoms with Crippen LogP contribution in [0.2, 0.25) is 0 Å². The molecular formula is C11H14BrClFN. The first kappa shape index (κ1) is 12.9. The summed E-state index contributed by atoms with van der Waals surface area (Å²) in [4.78, 5) is 2.17. The third-order valence-electron chi connectivity index (χ3n) is 2.27. The zero-order valence-corrected chi connectivity index (χ0v) is 11.0. The van der Waals surface area contributed by atoms with Crippen molar-refractivity contribution < 1.29 is 4.39 Å². The molecule has 0 aromatic heterocycles. The number of halogens is 3. The van der Waals surface area contributed by atoms with E-state index in [1.54, 1.807) is 6.07 Å². The molecule has 0 saturated heterocycles. The second-order valence-corrected chi connectivity index (χ2v) is 4.44. The highest BCUT2D eigenvalue weighted by Crippen LogP contribution is 2.21. The van der Waals surface area contributed by atoms with E-state index in [4.69, 9.17) is 11.6 Å². The van der Waals surface area contributed by atoms with Crippen molar-refractivity contribution in [1.29, 1.82) is 0 Å². The molecule has 0 atom stereocenters. The van der Waals surface area contributed by atoms with Crippen molar-refractivity contribution in [3.05, 3.63) is 34.1 Å². The van der Waals surface area contributed by atoms with Crippen LogP contribution >= 0.6 is 27.5 Å². The predicted octanol–water partition coefficient (Wildman–Crippen LogP) is 3.65. The second-order valence-electron chi connectivity index (χ2n) is 3.27. The predicted molar refractivity (Wildman–Crippen MR) is 65.8 cm³/mol. The minimum absolute atomic E-state index is 0.213. The van der Waals surface area contributed by atoms with Gasteiger partial charge in [-0.15, -0.1) is 11.6 Å². The molecule has 0 unspecified atom stereocenters. The molecule has 1 nitrogen and oxygen atoms in total. The molecular weight excluding hydrogens is 280 g/mol. The van der Waals surface area contributed by atoms with Crippen LogP contribution in [0.1, 0.15) is 12.5 Å². The van der Waals surface area contributed by atoms with Gasteiger partial charge in [0.2, 0.25) is 0 Å². The van der Waals surface area contributed by atoms with Gasteiger partial charge in [0.25, 0.3) is 0 Å². The van der Waals surface area contributed by atoms with E-state index in [9.17, 15) is 4.39 Å². The molecule has 1 rings (SSSR count). The second kappa shape index (κ2) is 6.46. The van der Waals surface area contributed by atoms with Crippen LogP contribution in [-0.4, -0.2) is 23.9 Å². The van der Waals surface area contributed by atoms with Gasteiger partial charge < -0.3 is 0 Å². The molecule has 4 heteroatoms. The molecule has 0 saturated carbocycles. The van der Waals surface area contributed by atoms with Crippen molar-refractivity contribution >= 4 is 27.5 Å². The van der Waals surface area contributed by atoms with Gasteiger partial charge in [0.1, 0.15) is 5.82 Å². The van der Waals surface area contributed by atoms with Crippen molar-refractivity contribution in [3.8, 4) is 0 Å². The topological polar surface area (TPSA) is 3.24 Å². The molecule has 0 heterocycles. The van der Waals surface area contributed by atoms with E-state index in [0.29, 0.717) is 10.4 Å². The van der Waals surface area contributed by atoms with E-state index in [0.717, 1.165) is 25.2 Å². The fourth-order valence-corrected chi connectivity index (χ4v) is 2.01. The molecule has 84 valence electrons. The van der Waals surface area contributed by atoms with Crippen LogP contribution in [0.25, 0.3) is 0 Å². The Hall–Kier alpha value is -0.120. The van der Waals surface area contributed by atoms with Crippen molar-refractivity contribution in [2.75, 3.05) is 19.0 Å². The van der Waals surface area contributed by atoms with Crippen LogP contribution in [0.3, 0.4) is 0 Å². The fourth-order valence-electron chi connectivity index (χ4n) is 1.38. The summed E-state index contributed by atoms with van der Waals surface area (Å²) in [5.74, 6) is 0.384. The Morgan fingerprint density at radius 2 is 2.20 bits per heavy atom. The standard InChI is InChI=1S/C11H14BrClFN/c1-2-15(7-6-13)8-9-4-3-5-10(14)11(9)12/h3-5H,2,6-8H2,1H3. The molecule has 0 aliphatic carbocycles. The van der Waals surface area contributed by atoms with E-state index in [-0.39, 0.29) is 5.82 Å². The van der Waals surface area contributed by atoms with Gasteiger partial charge in [0.15, 0.2) is 0 Å². The lowest BCUT2D eigenvalue weighted by molar-refractivity contribution is 0.296. The molecule has 0 bridgehead atoms. The maximum atomic E-state index is 13.2. The number of benzene rings is 1. The fraction of sp³-hybridized carbons (Fsp3) is 0.455. The summed E-state index contributed by atoms with van der Waals surface area (Å²) in [5, 5.41) is 0. The first-order valence-electron chi connectivity index (χ1n) is 4.90. The van der Waals surface area contributed by atoms with Crippen LogP contribution in [0.5, 0.6) is 0 Å². The molecule has 0 fully saturated rings. The van der Waals surface area contributed by atoms with Gasteiger partial charge in [-0.1, -0.05) is 19.1 Å². The van der Waals surface area contributed by atoms with Crippen molar-refractivity contribution in [2.24, 2.45) is 0 Å².